The Kier molecular flexibility index (Phi) is 4.20. The molecule has 1 aliphatic heterocycles. The fourth-order valence-corrected chi connectivity index (χ4v) is 3.04. The first-order valence-electron chi connectivity index (χ1n) is 6.64. The quantitative estimate of drug-likeness (QED) is 0.722. The van der Waals surface area contributed by atoms with Crippen molar-refractivity contribution in [2.75, 3.05) is 20.1 Å². The second-order valence-corrected chi connectivity index (χ2v) is 5.39. The van der Waals surface area contributed by atoms with Crippen LogP contribution in [0.5, 0.6) is 0 Å². The zero-order valence-corrected chi connectivity index (χ0v) is 10.3. The maximum absolute atomic E-state index is 9.21. The number of nitrogens with one attached hydrogen (secondary N) is 1. The number of hydrogen-bond acceptors (Lipinski definition) is 3. The molecule has 1 N–H and O–H groups in total. The molecule has 1 heterocycles. The Balaban J connectivity index is 1.88. The van der Waals surface area contributed by atoms with Crippen LogP contribution in [-0.4, -0.2) is 37.1 Å². The van der Waals surface area contributed by atoms with Crippen molar-refractivity contribution in [2.24, 2.45) is 5.92 Å². The molecule has 2 fully saturated rings. The molecular formula is C13H23N3. The Hall–Kier alpha value is -0.590. The summed E-state index contributed by atoms with van der Waals surface area (Å²) in [6.07, 6.45) is 7.36. The van der Waals surface area contributed by atoms with Crippen LogP contribution in [0.15, 0.2) is 0 Å². The highest BCUT2D eigenvalue weighted by molar-refractivity contribution is 4.95. The summed E-state index contributed by atoms with van der Waals surface area (Å²) in [6, 6.07) is 3.57. The van der Waals surface area contributed by atoms with Gasteiger partial charge in [-0.3, -0.25) is 0 Å². The molecule has 90 valence electrons. The SMILES string of the molecule is CN1CCC(NC2CCCCCC2C#N)C1. The van der Waals surface area contributed by atoms with E-state index in [1.54, 1.807) is 0 Å². The van der Waals surface area contributed by atoms with E-state index in [2.05, 4.69) is 23.3 Å². The summed E-state index contributed by atoms with van der Waals surface area (Å²) in [5, 5.41) is 12.9. The van der Waals surface area contributed by atoms with Crippen molar-refractivity contribution in [3.05, 3.63) is 0 Å². The van der Waals surface area contributed by atoms with Gasteiger partial charge in [0.05, 0.1) is 12.0 Å². The van der Waals surface area contributed by atoms with Gasteiger partial charge in [0.2, 0.25) is 0 Å². The Morgan fingerprint density at radius 2 is 2.00 bits per heavy atom. The molecule has 0 spiro atoms. The molecule has 0 amide bonds. The highest BCUT2D eigenvalue weighted by atomic mass is 15.2. The molecule has 16 heavy (non-hydrogen) atoms. The molecular weight excluding hydrogens is 198 g/mol. The third kappa shape index (κ3) is 2.96. The van der Waals surface area contributed by atoms with E-state index in [1.165, 1.54) is 38.6 Å². The average Bonchev–Trinajstić information content (AvgIpc) is 2.56. The zero-order chi connectivity index (χ0) is 11.4. The van der Waals surface area contributed by atoms with E-state index in [-0.39, 0.29) is 5.92 Å². The fraction of sp³-hybridized carbons (Fsp3) is 0.923. The summed E-state index contributed by atoms with van der Waals surface area (Å²) in [5.41, 5.74) is 0. The van der Waals surface area contributed by atoms with E-state index in [0.29, 0.717) is 12.1 Å². The first-order chi connectivity index (χ1) is 7.79. The largest absolute Gasteiger partial charge is 0.309 e. The molecule has 0 aromatic heterocycles. The van der Waals surface area contributed by atoms with Gasteiger partial charge < -0.3 is 10.2 Å². The molecule has 0 aromatic carbocycles. The van der Waals surface area contributed by atoms with E-state index in [1.807, 2.05) is 0 Å². The van der Waals surface area contributed by atoms with Gasteiger partial charge in [-0.1, -0.05) is 19.3 Å². The Bertz CT molecular complexity index is 258. The van der Waals surface area contributed by atoms with Crippen LogP contribution in [0.25, 0.3) is 0 Å². The minimum absolute atomic E-state index is 0.244. The smallest absolute Gasteiger partial charge is 0.0672 e. The minimum Gasteiger partial charge on any atom is -0.309 e. The van der Waals surface area contributed by atoms with Crippen molar-refractivity contribution >= 4 is 0 Å². The Labute approximate surface area is 98.8 Å². The highest BCUT2D eigenvalue weighted by Gasteiger charge is 2.28. The summed E-state index contributed by atoms with van der Waals surface area (Å²) in [6.45, 7) is 2.34. The third-order valence-electron chi connectivity index (χ3n) is 4.02. The van der Waals surface area contributed by atoms with E-state index in [9.17, 15) is 5.26 Å². The van der Waals surface area contributed by atoms with Crippen LogP contribution >= 0.6 is 0 Å². The molecule has 2 aliphatic rings. The third-order valence-corrected chi connectivity index (χ3v) is 4.02. The lowest BCUT2D eigenvalue weighted by molar-refractivity contribution is 0.336. The van der Waals surface area contributed by atoms with Crippen LogP contribution in [0.2, 0.25) is 0 Å². The second kappa shape index (κ2) is 5.65. The molecule has 2 rings (SSSR count). The monoisotopic (exact) mass is 221 g/mol. The van der Waals surface area contributed by atoms with Crippen LogP contribution in [0, 0.1) is 17.2 Å². The van der Waals surface area contributed by atoms with Crippen LogP contribution < -0.4 is 5.32 Å². The van der Waals surface area contributed by atoms with Gasteiger partial charge in [0.25, 0.3) is 0 Å². The maximum Gasteiger partial charge on any atom is 0.0672 e. The van der Waals surface area contributed by atoms with Crippen LogP contribution in [0.1, 0.15) is 38.5 Å². The molecule has 3 heteroatoms. The van der Waals surface area contributed by atoms with E-state index >= 15 is 0 Å². The van der Waals surface area contributed by atoms with Gasteiger partial charge in [-0.15, -0.1) is 0 Å². The van der Waals surface area contributed by atoms with Crippen molar-refractivity contribution in [3.63, 3.8) is 0 Å². The van der Waals surface area contributed by atoms with E-state index in [4.69, 9.17) is 0 Å². The summed E-state index contributed by atoms with van der Waals surface area (Å²) in [5.74, 6) is 0.244. The van der Waals surface area contributed by atoms with Gasteiger partial charge >= 0.3 is 0 Å². The predicted molar refractivity (Wildman–Crippen MR) is 65.0 cm³/mol. The van der Waals surface area contributed by atoms with Crippen molar-refractivity contribution in [1.29, 1.82) is 5.26 Å². The summed E-state index contributed by atoms with van der Waals surface area (Å²) >= 11 is 0. The van der Waals surface area contributed by atoms with Crippen LogP contribution in [0.3, 0.4) is 0 Å². The van der Waals surface area contributed by atoms with Gasteiger partial charge in [0.1, 0.15) is 0 Å². The van der Waals surface area contributed by atoms with Crippen molar-refractivity contribution in [1.82, 2.24) is 10.2 Å². The Morgan fingerprint density at radius 3 is 2.69 bits per heavy atom. The molecule has 1 saturated carbocycles. The average molecular weight is 221 g/mol. The van der Waals surface area contributed by atoms with Gasteiger partial charge in [-0.2, -0.15) is 5.26 Å². The molecule has 3 atom stereocenters. The topological polar surface area (TPSA) is 39.1 Å². The molecule has 0 aromatic rings. The molecule has 0 bridgehead atoms. The molecule has 0 radical (unpaired) electrons. The van der Waals surface area contributed by atoms with Crippen LogP contribution in [0.4, 0.5) is 0 Å². The highest BCUT2D eigenvalue weighted by Crippen LogP contribution is 2.24. The van der Waals surface area contributed by atoms with Crippen LogP contribution in [-0.2, 0) is 0 Å². The van der Waals surface area contributed by atoms with Crippen molar-refractivity contribution in [2.45, 2.75) is 50.6 Å². The second-order valence-electron chi connectivity index (χ2n) is 5.39. The first-order valence-corrected chi connectivity index (χ1v) is 6.64. The molecule has 3 unspecified atom stereocenters. The Morgan fingerprint density at radius 1 is 1.19 bits per heavy atom. The number of likely N-dealkylation sites (N-methyl/N-ethyl adjacent to an activating group) is 1. The standard InChI is InChI=1S/C13H23N3/c1-16-8-7-12(10-16)15-13-6-4-2-3-5-11(13)9-14/h11-13,15H,2-8,10H2,1H3. The van der Waals surface area contributed by atoms with Gasteiger partial charge in [-0.25, -0.2) is 0 Å². The lowest BCUT2D eigenvalue weighted by Gasteiger charge is -2.25. The number of rotatable bonds is 2. The molecule has 1 saturated heterocycles. The summed E-state index contributed by atoms with van der Waals surface area (Å²) < 4.78 is 0. The fourth-order valence-electron chi connectivity index (χ4n) is 3.04. The number of hydrogen-bond donors (Lipinski definition) is 1. The van der Waals surface area contributed by atoms with Gasteiger partial charge in [-0.05, 0) is 32.9 Å². The number of nitriles is 1. The molecule has 1 aliphatic carbocycles. The predicted octanol–water partition coefficient (Wildman–Crippen LogP) is 1.75. The van der Waals surface area contributed by atoms with Gasteiger partial charge in [0.15, 0.2) is 0 Å². The van der Waals surface area contributed by atoms with Gasteiger partial charge in [0, 0.05) is 18.6 Å². The zero-order valence-electron chi connectivity index (χ0n) is 10.3. The summed E-state index contributed by atoms with van der Waals surface area (Å²) in [4.78, 5) is 2.37. The van der Waals surface area contributed by atoms with E-state index in [0.717, 1.165) is 13.0 Å². The lowest BCUT2D eigenvalue weighted by atomic mass is 9.95. The maximum atomic E-state index is 9.21. The molecule has 3 nitrogen and oxygen atoms in total. The van der Waals surface area contributed by atoms with E-state index < -0.39 is 0 Å². The van der Waals surface area contributed by atoms with Crippen molar-refractivity contribution < 1.29 is 0 Å². The van der Waals surface area contributed by atoms with Crippen molar-refractivity contribution in [3.8, 4) is 6.07 Å². The number of nitrogens with zero attached hydrogens (tertiary/aromatic N) is 2. The normalized spacial score (nSPS) is 36.9. The number of likely N-dealkylation sites (tertiary alicyclic amines) is 1. The lowest BCUT2D eigenvalue weighted by Crippen LogP contribution is -2.43. The first kappa shape index (κ1) is 11.9. The summed E-state index contributed by atoms with van der Waals surface area (Å²) in [7, 11) is 2.18. The minimum atomic E-state index is 0.244.